The Kier molecular flexibility index (Phi) is 5.52. The van der Waals surface area contributed by atoms with Crippen molar-refractivity contribution in [3.8, 4) is 11.5 Å². The van der Waals surface area contributed by atoms with Crippen molar-refractivity contribution in [1.29, 1.82) is 0 Å². The van der Waals surface area contributed by atoms with Gasteiger partial charge in [0.15, 0.2) is 6.61 Å². The van der Waals surface area contributed by atoms with Gasteiger partial charge in [0, 0.05) is 11.9 Å². The number of hydrogen-bond acceptors (Lipinski definition) is 3. The van der Waals surface area contributed by atoms with Crippen LogP contribution in [-0.2, 0) is 11.3 Å². The van der Waals surface area contributed by atoms with Gasteiger partial charge in [-0.05, 0) is 36.1 Å². The smallest absolute Gasteiger partial charge is 0.258 e. The number of nitrogens with one attached hydrogen (secondary N) is 1. The van der Waals surface area contributed by atoms with Gasteiger partial charge in [-0.3, -0.25) is 4.79 Å². The van der Waals surface area contributed by atoms with Crippen molar-refractivity contribution < 1.29 is 14.3 Å². The first-order valence-corrected chi connectivity index (χ1v) is 8.35. The summed E-state index contributed by atoms with van der Waals surface area (Å²) in [6.07, 6.45) is 0. The highest BCUT2D eigenvalue weighted by Crippen LogP contribution is 2.24. The summed E-state index contributed by atoms with van der Waals surface area (Å²) in [7, 11) is 0. The maximum absolute atomic E-state index is 12.1. The molecule has 3 rings (SSSR count). The fourth-order valence-electron chi connectivity index (χ4n) is 2.63. The molecule has 1 amide bonds. The second-order valence-corrected chi connectivity index (χ2v) is 5.62. The summed E-state index contributed by atoms with van der Waals surface area (Å²) in [6, 6.07) is 21.5. The molecule has 0 radical (unpaired) electrons. The Morgan fingerprint density at radius 1 is 0.960 bits per heavy atom. The molecule has 0 heterocycles. The van der Waals surface area contributed by atoms with Gasteiger partial charge in [0.25, 0.3) is 5.91 Å². The quantitative estimate of drug-likeness (QED) is 0.711. The lowest BCUT2D eigenvalue weighted by molar-refractivity contribution is -0.123. The molecule has 4 nitrogen and oxygen atoms in total. The molecule has 4 heteroatoms. The molecular formula is C21H21NO3. The van der Waals surface area contributed by atoms with Gasteiger partial charge in [-0.25, -0.2) is 0 Å². The predicted octanol–water partition coefficient (Wildman–Crippen LogP) is 3.93. The van der Waals surface area contributed by atoms with Crippen LogP contribution in [-0.4, -0.2) is 19.1 Å². The van der Waals surface area contributed by atoms with Crippen LogP contribution < -0.4 is 14.8 Å². The minimum absolute atomic E-state index is 0.0147. The Hall–Kier alpha value is -3.01. The molecule has 25 heavy (non-hydrogen) atoms. The lowest BCUT2D eigenvalue weighted by Crippen LogP contribution is -2.28. The summed E-state index contributed by atoms with van der Waals surface area (Å²) >= 11 is 0. The summed E-state index contributed by atoms with van der Waals surface area (Å²) in [5.74, 6) is 1.36. The molecule has 0 bridgehead atoms. The molecule has 0 atom stereocenters. The average Bonchev–Trinajstić information content (AvgIpc) is 2.65. The van der Waals surface area contributed by atoms with Gasteiger partial charge in [-0.15, -0.1) is 0 Å². The van der Waals surface area contributed by atoms with E-state index >= 15 is 0 Å². The summed E-state index contributed by atoms with van der Waals surface area (Å²) < 4.78 is 11.2. The molecule has 0 aromatic heterocycles. The first-order chi connectivity index (χ1) is 12.3. The van der Waals surface area contributed by atoms with Gasteiger partial charge >= 0.3 is 0 Å². The van der Waals surface area contributed by atoms with Crippen LogP contribution in [0.5, 0.6) is 11.5 Å². The van der Waals surface area contributed by atoms with Crippen LogP contribution in [0.15, 0.2) is 66.7 Å². The van der Waals surface area contributed by atoms with Gasteiger partial charge in [-0.2, -0.15) is 0 Å². The summed E-state index contributed by atoms with van der Waals surface area (Å²) in [4.78, 5) is 12.1. The minimum Gasteiger partial charge on any atom is -0.494 e. The van der Waals surface area contributed by atoms with Crippen molar-refractivity contribution >= 4 is 16.7 Å². The monoisotopic (exact) mass is 335 g/mol. The van der Waals surface area contributed by atoms with Crippen molar-refractivity contribution in [2.75, 3.05) is 13.2 Å². The van der Waals surface area contributed by atoms with Gasteiger partial charge in [0.2, 0.25) is 0 Å². The molecule has 0 aliphatic rings. The third kappa shape index (κ3) is 4.51. The fraction of sp³-hybridized carbons (Fsp3) is 0.190. The van der Waals surface area contributed by atoms with E-state index in [1.54, 1.807) is 0 Å². The molecule has 3 aromatic rings. The molecule has 0 unspecified atom stereocenters. The van der Waals surface area contributed by atoms with E-state index in [2.05, 4.69) is 5.32 Å². The van der Waals surface area contributed by atoms with Gasteiger partial charge in [0.05, 0.1) is 6.61 Å². The maximum Gasteiger partial charge on any atom is 0.258 e. The number of rotatable bonds is 7. The zero-order chi connectivity index (χ0) is 17.5. The first-order valence-electron chi connectivity index (χ1n) is 8.35. The van der Waals surface area contributed by atoms with Crippen molar-refractivity contribution in [2.45, 2.75) is 13.5 Å². The Labute approximate surface area is 147 Å². The number of hydrogen-bond donors (Lipinski definition) is 1. The topological polar surface area (TPSA) is 47.6 Å². The standard InChI is InChI=1S/C21H21NO3/c1-2-24-18-10-5-7-16(13-18)14-22-21(23)15-25-20-12-6-9-17-8-3-4-11-19(17)20/h3-13H,2,14-15H2,1H3,(H,22,23). The molecule has 3 aromatic carbocycles. The van der Waals surface area contributed by atoms with E-state index in [-0.39, 0.29) is 12.5 Å². The zero-order valence-corrected chi connectivity index (χ0v) is 14.2. The van der Waals surface area contributed by atoms with Crippen molar-refractivity contribution in [3.05, 3.63) is 72.3 Å². The van der Waals surface area contributed by atoms with E-state index < -0.39 is 0 Å². The van der Waals surface area contributed by atoms with Gasteiger partial charge in [0.1, 0.15) is 11.5 Å². The van der Waals surface area contributed by atoms with E-state index in [0.717, 1.165) is 22.1 Å². The lowest BCUT2D eigenvalue weighted by atomic mass is 10.1. The highest BCUT2D eigenvalue weighted by molar-refractivity contribution is 5.88. The van der Waals surface area contributed by atoms with E-state index in [0.29, 0.717) is 18.9 Å². The SMILES string of the molecule is CCOc1cccc(CNC(=O)COc2cccc3ccccc23)c1. The molecule has 0 saturated heterocycles. The number of fused-ring (bicyclic) bond motifs is 1. The van der Waals surface area contributed by atoms with Gasteiger partial charge < -0.3 is 14.8 Å². The second kappa shape index (κ2) is 8.20. The van der Waals surface area contributed by atoms with E-state index in [1.807, 2.05) is 73.7 Å². The van der Waals surface area contributed by atoms with Crippen molar-refractivity contribution in [3.63, 3.8) is 0 Å². The number of amides is 1. The van der Waals surface area contributed by atoms with Crippen LogP contribution >= 0.6 is 0 Å². The van der Waals surface area contributed by atoms with E-state index in [4.69, 9.17) is 9.47 Å². The molecular weight excluding hydrogens is 314 g/mol. The molecule has 128 valence electrons. The third-order valence-electron chi connectivity index (χ3n) is 3.81. The Balaban J connectivity index is 1.55. The molecule has 0 fully saturated rings. The zero-order valence-electron chi connectivity index (χ0n) is 14.2. The van der Waals surface area contributed by atoms with Crippen LogP contribution in [0.2, 0.25) is 0 Å². The Morgan fingerprint density at radius 3 is 2.64 bits per heavy atom. The second-order valence-electron chi connectivity index (χ2n) is 5.62. The third-order valence-corrected chi connectivity index (χ3v) is 3.81. The number of carbonyl (C=O) groups excluding carboxylic acids is 1. The Bertz CT molecular complexity index is 855. The highest BCUT2D eigenvalue weighted by atomic mass is 16.5. The lowest BCUT2D eigenvalue weighted by Gasteiger charge is -2.10. The van der Waals surface area contributed by atoms with Crippen LogP contribution in [0.25, 0.3) is 10.8 Å². The maximum atomic E-state index is 12.1. The van der Waals surface area contributed by atoms with Crippen molar-refractivity contribution in [1.82, 2.24) is 5.32 Å². The molecule has 1 N–H and O–H groups in total. The largest absolute Gasteiger partial charge is 0.494 e. The molecule has 0 saturated carbocycles. The van der Waals surface area contributed by atoms with E-state index in [9.17, 15) is 4.79 Å². The van der Waals surface area contributed by atoms with Crippen LogP contribution in [0, 0.1) is 0 Å². The first kappa shape index (κ1) is 16.8. The summed E-state index contributed by atoms with van der Waals surface area (Å²) in [5, 5.41) is 4.96. The number of ether oxygens (including phenoxy) is 2. The van der Waals surface area contributed by atoms with Crippen LogP contribution in [0.4, 0.5) is 0 Å². The summed E-state index contributed by atoms with van der Waals surface area (Å²) in [5.41, 5.74) is 0.990. The normalized spacial score (nSPS) is 10.4. The van der Waals surface area contributed by atoms with Gasteiger partial charge in [-0.1, -0.05) is 48.5 Å². The van der Waals surface area contributed by atoms with E-state index in [1.165, 1.54) is 0 Å². The van der Waals surface area contributed by atoms with Crippen molar-refractivity contribution in [2.24, 2.45) is 0 Å². The number of benzene rings is 3. The molecule has 0 spiro atoms. The average molecular weight is 335 g/mol. The highest BCUT2D eigenvalue weighted by Gasteiger charge is 2.06. The Morgan fingerprint density at radius 2 is 1.76 bits per heavy atom. The predicted molar refractivity (Wildman–Crippen MR) is 98.9 cm³/mol. The fourth-order valence-corrected chi connectivity index (χ4v) is 2.63. The minimum atomic E-state index is -0.158. The van der Waals surface area contributed by atoms with Crippen LogP contribution in [0.3, 0.4) is 0 Å². The number of carbonyl (C=O) groups is 1. The molecule has 0 aliphatic carbocycles. The summed E-state index contributed by atoms with van der Waals surface area (Å²) in [6.45, 7) is 2.99. The molecule has 0 aliphatic heterocycles. The van der Waals surface area contributed by atoms with Crippen LogP contribution in [0.1, 0.15) is 12.5 Å².